The topological polar surface area (TPSA) is 131 Å². The van der Waals surface area contributed by atoms with Crippen LogP contribution in [0.4, 0.5) is 0 Å². The van der Waals surface area contributed by atoms with Crippen molar-refractivity contribution in [1.82, 2.24) is 5.32 Å². The van der Waals surface area contributed by atoms with Crippen LogP contribution in [0.2, 0.25) is 0 Å². The minimum atomic E-state index is -4.31. The molecule has 0 aliphatic carbocycles. The molecule has 306 valence electrons. The van der Waals surface area contributed by atoms with Crippen LogP contribution in [0.3, 0.4) is 0 Å². The van der Waals surface area contributed by atoms with Crippen LogP contribution in [0.25, 0.3) is 0 Å². The molecular formula is C42H87N2O6P. The SMILES string of the molecule is CCCCCCCCCCCCCCCCCCC[C@@H](O)[C@H](COP(=O)(O)OCCN)NC(=O)CCCCCCCCCCCCCCCCC. The highest BCUT2D eigenvalue weighted by molar-refractivity contribution is 7.47. The van der Waals surface area contributed by atoms with Crippen molar-refractivity contribution in [2.45, 2.75) is 244 Å². The summed E-state index contributed by atoms with van der Waals surface area (Å²) < 4.78 is 22.2. The highest BCUT2D eigenvalue weighted by Crippen LogP contribution is 2.43. The third-order valence-corrected chi connectivity index (χ3v) is 11.2. The Kier molecular flexibility index (Phi) is 38.8. The molecule has 0 fully saturated rings. The highest BCUT2D eigenvalue weighted by atomic mass is 31.2. The first kappa shape index (κ1) is 50.5. The molecule has 0 saturated heterocycles. The normalized spacial score (nSPS) is 14.1. The van der Waals surface area contributed by atoms with Crippen molar-refractivity contribution in [2.24, 2.45) is 5.73 Å². The van der Waals surface area contributed by atoms with E-state index in [1.54, 1.807) is 0 Å². The lowest BCUT2D eigenvalue weighted by atomic mass is 10.0. The molecule has 0 aromatic carbocycles. The Hall–Kier alpha value is -0.500. The quantitative estimate of drug-likeness (QED) is 0.0361. The van der Waals surface area contributed by atoms with Crippen molar-refractivity contribution in [1.29, 1.82) is 0 Å². The Bertz CT molecular complexity index is 774. The molecule has 0 aromatic heterocycles. The molecule has 1 amide bonds. The van der Waals surface area contributed by atoms with E-state index in [1.165, 1.54) is 167 Å². The number of carbonyl (C=O) groups excluding carboxylic acids is 1. The lowest BCUT2D eigenvalue weighted by Gasteiger charge is -2.25. The van der Waals surface area contributed by atoms with E-state index in [0.29, 0.717) is 12.8 Å². The smallest absolute Gasteiger partial charge is 0.391 e. The zero-order valence-electron chi connectivity index (χ0n) is 33.9. The van der Waals surface area contributed by atoms with Gasteiger partial charge in [0.05, 0.1) is 25.4 Å². The number of hydrogen-bond donors (Lipinski definition) is 4. The molecule has 0 aliphatic heterocycles. The van der Waals surface area contributed by atoms with E-state index in [0.717, 1.165) is 38.5 Å². The minimum absolute atomic E-state index is 0.0925. The van der Waals surface area contributed by atoms with Gasteiger partial charge in [-0.3, -0.25) is 13.8 Å². The zero-order chi connectivity index (χ0) is 37.5. The van der Waals surface area contributed by atoms with Crippen LogP contribution < -0.4 is 11.1 Å². The van der Waals surface area contributed by atoms with Crippen LogP contribution in [0, 0.1) is 0 Å². The number of rotatable bonds is 42. The Balaban J connectivity index is 4.11. The molecule has 0 rings (SSSR count). The Labute approximate surface area is 316 Å². The summed E-state index contributed by atoms with van der Waals surface area (Å²) >= 11 is 0. The van der Waals surface area contributed by atoms with Crippen LogP contribution in [0.5, 0.6) is 0 Å². The molecule has 0 spiro atoms. The molecule has 1 unspecified atom stereocenters. The molecule has 0 heterocycles. The van der Waals surface area contributed by atoms with Gasteiger partial charge in [-0.25, -0.2) is 4.57 Å². The van der Waals surface area contributed by atoms with Crippen LogP contribution in [0.1, 0.15) is 232 Å². The van der Waals surface area contributed by atoms with E-state index in [4.69, 9.17) is 14.8 Å². The average Bonchev–Trinajstić information content (AvgIpc) is 3.12. The first-order chi connectivity index (χ1) is 24.9. The van der Waals surface area contributed by atoms with Gasteiger partial charge in [-0.1, -0.05) is 213 Å². The van der Waals surface area contributed by atoms with Crippen LogP contribution >= 0.6 is 7.82 Å². The average molecular weight is 747 g/mol. The molecule has 0 bridgehead atoms. The summed E-state index contributed by atoms with van der Waals surface area (Å²) in [4.78, 5) is 22.7. The molecular weight excluding hydrogens is 659 g/mol. The standard InChI is InChI=1S/C42H87N2O6P/c1-3-5-7-9-11-13-15-17-19-20-22-23-25-27-29-31-33-35-41(45)40(39-50-51(47,48)49-38-37-43)44-42(46)36-34-32-30-28-26-24-21-18-16-14-12-10-8-6-4-2/h40-41,45H,3-39,43H2,1-2H3,(H,44,46)(H,47,48)/t40-,41+/m0/s1. The molecule has 0 radical (unpaired) electrons. The number of aliphatic hydroxyl groups excluding tert-OH is 1. The van der Waals surface area contributed by atoms with Gasteiger partial charge in [0.1, 0.15) is 0 Å². The summed E-state index contributed by atoms with van der Waals surface area (Å²) in [7, 11) is -4.31. The fraction of sp³-hybridized carbons (Fsp3) is 0.976. The summed E-state index contributed by atoms with van der Waals surface area (Å²) in [6.07, 6.45) is 41.0. The molecule has 0 aliphatic rings. The van der Waals surface area contributed by atoms with Crippen molar-refractivity contribution in [2.75, 3.05) is 19.8 Å². The van der Waals surface area contributed by atoms with Gasteiger partial charge in [-0.05, 0) is 12.8 Å². The Morgan fingerprint density at radius 3 is 1.25 bits per heavy atom. The number of phosphoric acid groups is 1. The fourth-order valence-corrected chi connectivity index (χ4v) is 7.60. The van der Waals surface area contributed by atoms with Gasteiger partial charge in [0.2, 0.25) is 5.91 Å². The second kappa shape index (κ2) is 39.2. The predicted molar refractivity (Wildman–Crippen MR) is 217 cm³/mol. The Morgan fingerprint density at radius 1 is 0.569 bits per heavy atom. The van der Waals surface area contributed by atoms with E-state index >= 15 is 0 Å². The van der Waals surface area contributed by atoms with E-state index in [2.05, 4.69) is 19.2 Å². The number of carbonyl (C=O) groups is 1. The monoisotopic (exact) mass is 747 g/mol. The molecule has 3 atom stereocenters. The number of aliphatic hydroxyl groups is 1. The van der Waals surface area contributed by atoms with Crippen molar-refractivity contribution in [3.8, 4) is 0 Å². The lowest BCUT2D eigenvalue weighted by molar-refractivity contribution is -0.123. The number of hydrogen-bond acceptors (Lipinski definition) is 6. The van der Waals surface area contributed by atoms with E-state index < -0.39 is 20.0 Å². The predicted octanol–water partition coefficient (Wildman–Crippen LogP) is 12.2. The number of unbranched alkanes of at least 4 members (excludes halogenated alkanes) is 30. The van der Waals surface area contributed by atoms with Gasteiger partial charge in [-0.15, -0.1) is 0 Å². The summed E-state index contributed by atoms with van der Waals surface area (Å²) in [6, 6.07) is -0.767. The maximum atomic E-state index is 12.8. The highest BCUT2D eigenvalue weighted by Gasteiger charge is 2.27. The lowest BCUT2D eigenvalue weighted by Crippen LogP contribution is -2.46. The van der Waals surface area contributed by atoms with Gasteiger partial charge in [0, 0.05) is 13.0 Å². The molecule has 8 nitrogen and oxygen atoms in total. The number of nitrogens with two attached hydrogens (primary N) is 1. The molecule has 9 heteroatoms. The maximum Gasteiger partial charge on any atom is 0.472 e. The maximum absolute atomic E-state index is 12.8. The summed E-state index contributed by atoms with van der Waals surface area (Å²) in [5, 5.41) is 13.8. The summed E-state index contributed by atoms with van der Waals surface area (Å²) in [6.45, 7) is 4.24. The van der Waals surface area contributed by atoms with Crippen molar-refractivity contribution >= 4 is 13.7 Å². The van der Waals surface area contributed by atoms with Crippen molar-refractivity contribution in [3.05, 3.63) is 0 Å². The molecule has 0 saturated carbocycles. The van der Waals surface area contributed by atoms with Gasteiger partial charge >= 0.3 is 7.82 Å². The van der Waals surface area contributed by atoms with Crippen molar-refractivity contribution in [3.63, 3.8) is 0 Å². The van der Waals surface area contributed by atoms with Crippen LogP contribution in [-0.2, 0) is 18.4 Å². The zero-order valence-corrected chi connectivity index (χ0v) is 34.8. The van der Waals surface area contributed by atoms with E-state index in [-0.39, 0.29) is 25.7 Å². The molecule has 0 aromatic rings. The summed E-state index contributed by atoms with van der Waals surface area (Å²) in [5.74, 6) is -0.157. The van der Waals surface area contributed by atoms with E-state index in [9.17, 15) is 19.4 Å². The largest absolute Gasteiger partial charge is 0.472 e. The third-order valence-electron chi connectivity index (χ3n) is 10.2. The fourth-order valence-electron chi connectivity index (χ4n) is 6.84. The van der Waals surface area contributed by atoms with Gasteiger partial charge < -0.3 is 21.1 Å². The summed E-state index contributed by atoms with van der Waals surface area (Å²) in [5.41, 5.74) is 5.38. The number of amides is 1. The van der Waals surface area contributed by atoms with Gasteiger partial charge in [0.15, 0.2) is 0 Å². The Morgan fingerprint density at radius 2 is 0.902 bits per heavy atom. The van der Waals surface area contributed by atoms with E-state index in [1.807, 2.05) is 0 Å². The third kappa shape index (κ3) is 37.6. The van der Waals surface area contributed by atoms with Crippen molar-refractivity contribution < 1.29 is 28.4 Å². The van der Waals surface area contributed by atoms with Gasteiger partial charge in [0.25, 0.3) is 0 Å². The first-order valence-electron chi connectivity index (χ1n) is 22.2. The molecule has 5 N–H and O–H groups in total. The minimum Gasteiger partial charge on any atom is -0.391 e. The first-order valence-corrected chi connectivity index (χ1v) is 23.6. The second-order valence-corrected chi connectivity index (χ2v) is 16.7. The number of nitrogens with one attached hydrogen (secondary N) is 1. The second-order valence-electron chi connectivity index (χ2n) is 15.3. The molecule has 51 heavy (non-hydrogen) atoms. The van der Waals surface area contributed by atoms with Crippen LogP contribution in [-0.4, -0.2) is 47.8 Å². The van der Waals surface area contributed by atoms with Crippen LogP contribution in [0.15, 0.2) is 0 Å². The number of phosphoric ester groups is 1. The van der Waals surface area contributed by atoms with Gasteiger partial charge in [-0.2, -0.15) is 0 Å².